The maximum atomic E-state index is 11.1. The Hall–Kier alpha value is -1.55. The minimum Gasteiger partial charge on any atom is -0.464 e. The molecule has 0 heterocycles. The average Bonchev–Trinajstić information content (AvgIpc) is 2.29. The quantitative estimate of drug-likeness (QED) is 0.443. The van der Waals surface area contributed by atoms with Gasteiger partial charge in [-0.25, -0.2) is 4.79 Å². The average molecular weight is 252 g/mol. The third kappa shape index (κ3) is 4.37. The largest absolute Gasteiger partial charge is 0.464 e. The Morgan fingerprint density at radius 3 is 2.67 bits per heavy atom. The van der Waals surface area contributed by atoms with E-state index in [1.54, 1.807) is 6.92 Å². The number of aryl methyl sites for hydroxylation is 1. The highest BCUT2D eigenvalue weighted by Crippen LogP contribution is 2.27. The van der Waals surface area contributed by atoms with Gasteiger partial charge in [-0.3, -0.25) is 0 Å². The van der Waals surface area contributed by atoms with Gasteiger partial charge in [0.25, 0.3) is 0 Å². The Kier molecular flexibility index (Phi) is 5.65. The van der Waals surface area contributed by atoms with Gasteiger partial charge >= 0.3 is 5.97 Å². The van der Waals surface area contributed by atoms with Gasteiger partial charge in [-0.05, 0) is 31.4 Å². The van der Waals surface area contributed by atoms with Crippen molar-refractivity contribution in [2.24, 2.45) is 0 Å². The first-order valence-electron chi connectivity index (χ1n) is 6.10. The van der Waals surface area contributed by atoms with E-state index in [0.717, 1.165) is 11.1 Å². The fraction of sp³-hybridized carbons (Fsp3) is 0.500. The molecule has 0 aromatic heterocycles. The van der Waals surface area contributed by atoms with Crippen molar-refractivity contribution < 1.29 is 19.3 Å². The van der Waals surface area contributed by atoms with E-state index in [1.807, 2.05) is 25.1 Å². The molecule has 0 saturated heterocycles. The van der Waals surface area contributed by atoms with Gasteiger partial charge in [0.15, 0.2) is 12.4 Å². The van der Waals surface area contributed by atoms with Crippen LogP contribution in [0.3, 0.4) is 0 Å². The van der Waals surface area contributed by atoms with Gasteiger partial charge in [-0.1, -0.05) is 26.0 Å². The molecule has 0 N–H and O–H groups in total. The van der Waals surface area contributed by atoms with Crippen LogP contribution in [0.5, 0.6) is 5.75 Å². The standard InChI is InChI=1S/C14H20O4/c1-5-16-14(15)9-17-18-13-8-11(4)6-7-12(13)10(2)3/h6-8,10H,5,9H2,1-4H3. The van der Waals surface area contributed by atoms with Crippen LogP contribution < -0.4 is 4.89 Å². The number of carbonyl (C=O) groups is 1. The highest BCUT2D eigenvalue weighted by Gasteiger charge is 2.10. The van der Waals surface area contributed by atoms with E-state index < -0.39 is 5.97 Å². The lowest BCUT2D eigenvalue weighted by atomic mass is 10.0. The molecule has 0 aliphatic heterocycles. The summed E-state index contributed by atoms with van der Waals surface area (Å²) < 4.78 is 4.74. The van der Waals surface area contributed by atoms with E-state index in [-0.39, 0.29) is 6.61 Å². The number of rotatable bonds is 6. The molecule has 0 unspecified atom stereocenters. The van der Waals surface area contributed by atoms with Crippen molar-refractivity contribution in [1.82, 2.24) is 0 Å². The van der Waals surface area contributed by atoms with Crippen molar-refractivity contribution in [1.29, 1.82) is 0 Å². The van der Waals surface area contributed by atoms with Crippen LogP contribution in [-0.4, -0.2) is 19.2 Å². The molecule has 18 heavy (non-hydrogen) atoms. The maximum Gasteiger partial charge on any atom is 0.336 e. The number of hydrogen-bond donors (Lipinski definition) is 0. The lowest BCUT2D eigenvalue weighted by Crippen LogP contribution is -2.14. The van der Waals surface area contributed by atoms with Crippen LogP contribution in [-0.2, 0) is 14.4 Å². The second kappa shape index (κ2) is 7.01. The van der Waals surface area contributed by atoms with Crippen molar-refractivity contribution >= 4 is 5.97 Å². The maximum absolute atomic E-state index is 11.1. The highest BCUT2D eigenvalue weighted by molar-refractivity contribution is 5.70. The SMILES string of the molecule is CCOC(=O)COOc1cc(C)ccc1C(C)C. The summed E-state index contributed by atoms with van der Waals surface area (Å²) in [5.41, 5.74) is 2.12. The van der Waals surface area contributed by atoms with Crippen molar-refractivity contribution in [2.75, 3.05) is 13.2 Å². The van der Waals surface area contributed by atoms with Crippen LogP contribution in [0.2, 0.25) is 0 Å². The van der Waals surface area contributed by atoms with Crippen LogP contribution >= 0.6 is 0 Å². The Morgan fingerprint density at radius 1 is 1.33 bits per heavy atom. The van der Waals surface area contributed by atoms with Gasteiger partial charge in [0, 0.05) is 5.56 Å². The molecule has 0 aliphatic carbocycles. The van der Waals surface area contributed by atoms with Crippen LogP contribution in [0, 0.1) is 6.92 Å². The molecule has 100 valence electrons. The van der Waals surface area contributed by atoms with Gasteiger partial charge in [0.1, 0.15) is 0 Å². The summed E-state index contributed by atoms with van der Waals surface area (Å²) in [6.45, 7) is 7.99. The van der Waals surface area contributed by atoms with Crippen LogP contribution in [0.15, 0.2) is 18.2 Å². The zero-order chi connectivity index (χ0) is 13.5. The number of benzene rings is 1. The molecule has 4 nitrogen and oxygen atoms in total. The Bertz CT molecular complexity index is 399. The lowest BCUT2D eigenvalue weighted by Gasteiger charge is -2.13. The molecule has 0 fully saturated rings. The molecule has 1 rings (SSSR count). The number of esters is 1. The normalized spacial score (nSPS) is 10.5. The zero-order valence-electron chi connectivity index (χ0n) is 11.4. The summed E-state index contributed by atoms with van der Waals surface area (Å²) in [6.07, 6.45) is 0. The first-order chi connectivity index (χ1) is 8.54. The van der Waals surface area contributed by atoms with E-state index in [2.05, 4.69) is 13.8 Å². The summed E-state index contributed by atoms with van der Waals surface area (Å²) in [6, 6.07) is 5.91. The topological polar surface area (TPSA) is 44.8 Å². The smallest absolute Gasteiger partial charge is 0.336 e. The number of ether oxygens (including phenoxy) is 1. The molecule has 0 spiro atoms. The van der Waals surface area contributed by atoms with Gasteiger partial charge in [0.05, 0.1) is 6.61 Å². The molecule has 0 atom stereocenters. The van der Waals surface area contributed by atoms with Gasteiger partial charge in [0.2, 0.25) is 0 Å². The molecule has 1 aromatic carbocycles. The van der Waals surface area contributed by atoms with E-state index in [9.17, 15) is 4.79 Å². The zero-order valence-corrected chi connectivity index (χ0v) is 11.4. The van der Waals surface area contributed by atoms with E-state index in [1.165, 1.54) is 0 Å². The third-order valence-corrected chi connectivity index (χ3v) is 2.42. The minimum atomic E-state index is -0.434. The van der Waals surface area contributed by atoms with E-state index in [0.29, 0.717) is 18.3 Å². The second-order valence-electron chi connectivity index (χ2n) is 4.35. The molecule has 0 amide bonds. The van der Waals surface area contributed by atoms with Crippen LogP contribution in [0.25, 0.3) is 0 Å². The molecule has 0 bridgehead atoms. The first-order valence-corrected chi connectivity index (χ1v) is 6.10. The van der Waals surface area contributed by atoms with E-state index >= 15 is 0 Å². The van der Waals surface area contributed by atoms with Crippen molar-refractivity contribution in [3.63, 3.8) is 0 Å². The van der Waals surface area contributed by atoms with Crippen molar-refractivity contribution in [2.45, 2.75) is 33.6 Å². The second-order valence-corrected chi connectivity index (χ2v) is 4.35. The van der Waals surface area contributed by atoms with Gasteiger partial charge in [-0.15, -0.1) is 0 Å². The van der Waals surface area contributed by atoms with Crippen molar-refractivity contribution in [3.05, 3.63) is 29.3 Å². The minimum absolute atomic E-state index is 0.209. The molecular weight excluding hydrogens is 232 g/mol. The molecule has 0 radical (unpaired) electrons. The summed E-state index contributed by atoms with van der Waals surface area (Å²) in [4.78, 5) is 21.2. The highest BCUT2D eigenvalue weighted by atomic mass is 17.2. The molecule has 4 heteroatoms. The molecular formula is C14H20O4. The van der Waals surface area contributed by atoms with Gasteiger partial charge in [-0.2, -0.15) is 4.89 Å². The van der Waals surface area contributed by atoms with Crippen LogP contribution in [0.4, 0.5) is 0 Å². The Labute approximate surface area is 108 Å². The fourth-order valence-corrected chi connectivity index (χ4v) is 1.53. The first kappa shape index (κ1) is 14.5. The molecule has 1 aromatic rings. The summed E-state index contributed by atoms with van der Waals surface area (Å²) in [5, 5.41) is 0. The summed E-state index contributed by atoms with van der Waals surface area (Å²) in [5.74, 6) is 0.539. The van der Waals surface area contributed by atoms with Crippen molar-refractivity contribution in [3.8, 4) is 5.75 Å². The summed E-state index contributed by atoms with van der Waals surface area (Å²) in [7, 11) is 0. The van der Waals surface area contributed by atoms with Crippen LogP contribution in [0.1, 0.15) is 37.8 Å². The third-order valence-electron chi connectivity index (χ3n) is 2.42. The Morgan fingerprint density at radius 2 is 2.06 bits per heavy atom. The summed E-state index contributed by atoms with van der Waals surface area (Å²) >= 11 is 0. The monoisotopic (exact) mass is 252 g/mol. The van der Waals surface area contributed by atoms with E-state index in [4.69, 9.17) is 14.5 Å². The molecule has 0 saturated carbocycles. The lowest BCUT2D eigenvalue weighted by molar-refractivity contribution is -0.216. The fourth-order valence-electron chi connectivity index (χ4n) is 1.53. The molecule has 0 aliphatic rings. The number of carbonyl (C=O) groups excluding carboxylic acids is 1. The Balaban J connectivity index is 2.60. The predicted octanol–water partition coefficient (Wildman–Crippen LogP) is 2.99. The number of hydrogen-bond acceptors (Lipinski definition) is 4. The predicted molar refractivity (Wildman–Crippen MR) is 68.5 cm³/mol. The van der Waals surface area contributed by atoms with Gasteiger partial charge < -0.3 is 9.62 Å².